The molecule has 0 atom stereocenters. The third-order valence-corrected chi connectivity index (χ3v) is 2.18. The second kappa shape index (κ2) is 11.9. The number of hydrogen-bond donors (Lipinski definition) is 0. The molecule has 0 saturated carbocycles. The van der Waals surface area contributed by atoms with Crippen LogP contribution in [0.5, 0.6) is 0 Å². The average Bonchev–Trinajstić information content (AvgIpc) is 2.33. The van der Waals surface area contributed by atoms with Gasteiger partial charge in [-0.2, -0.15) is 0 Å². The minimum atomic E-state index is -1.12. The largest absolute Gasteiger partial charge is 0.545 e. The van der Waals surface area contributed by atoms with E-state index in [2.05, 4.69) is 6.58 Å². The minimum absolute atomic E-state index is 0.205. The first kappa shape index (κ1) is 18.8. The number of carboxylic acids is 2. The molecule has 0 unspecified atom stereocenters. The van der Waals surface area contributed by atoms with Crippen molar-refractivity contribution in [2.24, 2.45) is 0 Å². The molecule has 0 fully saturated rings. The van der Waals surface area contributed by atoms with Crippen LogP contribution in [0.1, 0.15) is 52.9 Å². The van der Waals surface area contributed by atoms with Gasteiger partial charge in [0.15, 0.2) is 0 Å². The molecule has 0 aromatic carbocycles. The molecular formula is C14H22O4-2. The highest BCUT2D eigenvalue weighted by Crippen LogP contribution is 2.02. The molecule has 104 valence electrons. The van der Waals surface area contributed by atoms with Crippen LogP contribution in [0.3, 0.4) is 0 Å². The zero-order valence-corrected chi connectivity index (χ0v) is 11.5. The number of hydrogen-bond acceptors (Lipinski definition) is 4. The van der Waals surface area contributed by atoms with Gasteiger partial charge in [0.1, 0.15) is 0 Å². The highest BCUT2D eigenvalue weighted by Gasteiger charge is 1.91. The maximum absolute atomic E-state index is 10.0. The smallest absolute Gasteiger partial charge is 0.0668 e. The Bertz CT molecular complexity index is 303. The summed E-state index contributed by atoms with van der Waals surface area (Å²) >= 11 is 0. The molecule has 0 aromatic heterocycles. The van der Waals surface area contributed by atoms with Gasteiger partial charge in [0, 0.05) is 0 Å². The number of allylic oxidation sites excluding steroid dienone is 1. The molecule has 4 nitrogen and oxygen atoms in total. The SMILES string of the molecule is C=C(CCCC)C(=O)[O-].CCC/C=C(\C)C(=O)[O-]. The van der Waals surface area contributed by atoms with Crippen molar-refractivity contribution in [3.05, 3.63) is 23.8 Å². The molecule has 0 spiro atoms. The van der Waals surface area contributed by atoms with Gasteiger partial charge in [-0.1, -0.05) is 39.3 Å². The number of carbonyl (C=O) groups is 2. The lowest BCUT2D eigenvalue weighted by Crippen LogP contribution is -2.23. The Morgan fingerprint density at radius 2 is 1.67 bits per heavy atom. The molecular weight excluding hydrogens is 232 g/mol. The van der Waals surface area contributed by atoms with Crippen LogP contribution in [0.4, 0.5) is 0 Å². The van der Waals surface area contributed by atoms with Gasteiger partial charge < -0.3 is 19.8 Å². The fraction of sp³-hybridized carbons (Fsp3) is 0.571. The lowest BCUT2D eigenvalue weighted by molar-refractivity contribution is -0.300. The number of rotatable bonds is 7. The topological polar surface area (TPSA) is 80.3 Å². The van der Waals surface area contributed by atoms with Crippen molar-refractivity contribution in [3.8, 4) is 0 Å². The quantitative estimate of drug-likeness (QED) is 0.634. The van der Waals surface area contributed by atoms with Gasteiger partial charge in [0.25, 0.3) is 0 Å². The Morgan fingerprint density at radius 1 is 1.11 bits per heavy atom. The highest BCUT2D eigenvalue weighted by molar-refractivity contribution is 5.84. The summed E-state index contributed by atoms with van der Waals surface area (Å²) in [6, 6.07) is 0. The van der Waals surface area contributed by atoms with E-state index in [1.165, 1.54) is 0 Å². The second-order valence-corrected chi connectivity index (χ2v) is 3.96. The number of unbranched alkanes of at least 4 members (excludes halogenated alkanes) is 2. The first-order valence-corrected chi connectivity index (χ1v) is 6.13. The first-order valence-electron chi connectivity index (χ1n) is 6.13. The molecule has 0 heterocycles. The van der Waals surface area contributed by atoms with Crippen molar-refractivity contribution in [2.75, 3.05) is 0 Å². The Labute approximate surface area is 109 Å². The van der Waals surface area contributed by atoms with E-state index in [9.17, 15) is 19.8 Å². The van der Waals surface area contributed by atoms with E-state index >= 15 is 0 Å². The Hall–Kier alpha value is -1.58. The monoisotopic (exact) mass is 254 g/mol. The van der Waals surface area contributed by atoms with E-state index in [4.69, 9.17) is 0 Å². The zero-order chi connectivity index (χ0) is 14.6. The van der Waals surface area contributed by atoms with E-state index in [-0.39, 0.29) is 5.57 Å². The zero-order valence-electron chi connectivity index (χ0n) is 11.5. The lowest BCUT2D eigenvalue weighted by atomic mass is 10.1. The van der Waals surface area contributed by atoms with Crippen molar-refractivity contribution in [1.29, 1.82) is 0 Å². The van der Waals surface area contributed by atoms with Crippen molar-refractivity contribution in [1.82, 2.24) is 0 Å². The first-order chi connectivity index (χ1) is 8.36. The molecule has 0 aliphatic rings. The second-order valence-electron chi connectivity index (χ2n) is 3.96. The molecule has 0 aliphatic carbocycles. The number of carboxylic acid groups (broad SMARTS) is 2. The summed E-state index contributed by atoms with van der Waals surface area (Å²) in [7, 11) is 0. The molecule has 0 rings (SSSR count). The summed E-state index contributed by atoms with van der Waals surface area (Å²) in [6.45, 7) is 8.88. The fourth-order valence-electron chi connectivity index (χ4n) is 0.936. The van der Waals surface area contributed by atoms with Gasteiger partial charge in [0.05, 0.1) is 11.9 Å². The van der Waals surface area contributed by atoms with Crippen LogP contribution in [-0.2, 0) is 9.59 Å². The molecule has 18 heavy (non-hydrogen) atoms. The van der Waals surface area contributed by atoms with Gasteiger partial charge >= 0.3 is 0 Å². The number of carbonyl (C=O) groups excluding carboxylic acids is 2. The summed E-state index contributed by atoms with van der Waals surface area (Å²) in [6.07, 6.45) is 5.90. The fourth-order valence-corrected chi connectivity index (χ4v) is 0.936. The van der Waals surface area contributed by atoms with Crippen LogP contribution >= 0.6 is 0 Å². The summed E-state index contributed by atoms with van der Waals surface area (Å²) in [4.78, 5) is 20.0. The standard InChI is InChI=1S/2C7H12O2/c2*1-3-4-5-6(2)7(8)9/h5H,3-4H2,1-2H3,(H,8,9);2-5H2,1H3,(H,8,9)/p-2/b6-5+;. The Balaban J connectivity index is 0. The predicted molar refractivity (Wildman–Crippen MR) is 67.3 cm³/mol. The van der Waals surface area contributed by atoms with E-state index in [1.54, 1.807) is 13.0 Å². The van der Waals surface area contributed by atoms with E-state index in [1.807, 2.05) is 13.8 Å². The van der Waals surface area contributed by atoms with Gasteiger partial charge in [0.2, 0.25) is 0 Å². The van der Waals surface area contributed by atoms with Crippen LogP contribution in [0, 0.1) is 0 Å². The molecule has 0 aromatic rings. The predicted octanol–water partition coefficient (Wildman–Crippen LogP) is 0.965. The molecule has 0 radical (unpaired) electrons. The van der Waals surface area contributed by atoms with Gasteiger partial charge in [-0.3, -0.25) is 0 Å². The minimum Gasteiger partial charge on any atom is -0.545 e. The lowest BCUT2D eigenvalue weighted by Gasteiger charge is -2.03. The molecule has 0 saturated heterocycles. The van der Waals surface area contributed by atoms with Crippen molar-refractivity contribution >= 4 is 11.9 Å². The van der Waals surface area contributed by atoms with Crippen molar-refractivity contribution in [3.63, 3.8) is 0 Å². The van der Waals surface area contributed by atoms with Crippen LogP contribution < -0.4 is 10.2 Å². The highest BCUT2D eigenvalue weighted by atomic mass is 16.4. The maximum atomic E-state index is 10.0. The van der Waals surface area contributed by atoms with Gasteiger partial charge in [-0.25, -0.2) is 0 Å². The summed E-state index contributed by atoms with van der Waals surface area (Å²) in [5, 5.41) is 20.0. The molecule has 0 aliphatic heterocycles. The summed E-state index contributed by atoms with van der Waals surface area (Å²) in [5.74, 6) is -2.19. The Kier molecular flexibility index (Phi) is 12.4. The normalized spacial score (nSPS) is 10.3. The van der Waals surface area contributed by atoms with Crippen molar-refractivity contribution in [2.45, 2.75) is 52.9 Å². The average molecular weight is 254 g/mol. The molecule has 0 amide bonds. The van der Waals surface area contributed by atoms with Gasteiger partial charge in [-0.15, -0.1) is 0 Å². The molecule has 0 bridgehead atoms. The van der Waals surface area contributed by atoms with Crippen LogP contribution in [0.2, 0.25) is 0 Å². The molecule has 4 heteroatoms. The van der Waals surface area contributed by atoms with Crippen molar-refractivity contribution < 1.29 is 19.8 Å². The van der Waals surface area contributed by atoms with E-state index in [0.717, 1.165) is 25.7 Å². The van der Waals surface area contributed by atoms with Crippen LogP contribution in [0.25, 0.3) is 0 Å². The third kappa shape index (κ3) is 12.5. The third-order valence-electron chi connectivity index (χ3n) is 2.18. The van der Waals surface area contributed by atoms with Crippen LogP contribution in [0.15, 0.2) is 23.8 Å². The van der Waals surface area contributed by atoms with Gasteiger partial charge in [-0.05, 0) is 37.3 Å². The summed E-state index contributed by atoms with van der Waals surface area (Å²) in [5.41, 5.74) is 0.536. The van der Waals surface area contributed by atoms with E-state index < -0.39 is 11.9 Å². The molecule has 0 N–H and O–H groups in total. The van der Waals surface area contributed by atoms with E-state index in [0.29, 0.717) is 12.0 Å². The maximum Gasteiger partial charge on any atom is 0.0668 e. The van der Waals surface area contributed by atoms with Crippen LogP contribution in [-0.4, -0.2) is 11.9 Å². The number of aliphatic carboxylic acids is 2. The Morgan fingerprint density at radius 3 is 2.00 bits per heavy atom. The summed E-state index contributed by atoms with van der Waals surface area (Å²) < 4.78 is 0.